The van der Waals surface area contributed by atoms with Crippen LogP contribution in [0.5, 0.6) is 0 Å². The summed E-state index contributed by atoms with van der Waals surface area (Å²) >= 11 is 0. The van der Waals surface area contributed by atoms with Gasteiger partial charge in [-0.05, 0) is 55.5 Å². The molecule has 0 atom stereocenters. The maximum atomic E-state index is 12.0. The molecule has 1 heterocycles. The van der Waals surface area contributed by atoms with Gasteiger partial charge in [0.25, 0.3) is 5.91 Å². The highest BCUT2D eigenvalue weighted by Crippen LogP contribution is 2.20. The molecule has 0 saturated carbocycles. The zero-order chi connectivity index (χ0) is 15.9. The van der Waals surface area contributed by atoms with Crippen LogP contribution in [0.15, 0.2) is 54.6 Å². The Morgan fingerprint density at radius 3 is 2.30 bits per heavy atom. The summed E-state index contributed by atoms with van der Waals surface area (Å²) in [5.41, 5.74) is 3.30. The first kappa shape index (κ1) is 15.6. The van der Waals surface area contributed by atoms with E-state index in [2.05, 4.69) is 34.5 Å². The number of amides is 1. The van der Waals surface area contributed by atoms with Crippen LogP contribution in [-0.2, 0) is 6.42 Å². The molecule has 2 aromatic rings. The van der Waals surface area contributed by atoms with Gasteiger partial charge in [0.1, 0.15) is 0 Å². The Bertz CT molecular complexity index is 616. The first-order valence-corrected chi connectivity index (χ1v) is 8.50. The molecule has 0 aliphatic carbocycles. The van der Waals surface area contributed by atoms with E-state index in [1.54, 1.807) is 0 Å². The SMILES string of the molecule is O=C(NCCc1ccc(N2CCCCC2)cc1)c1ccccc1. The molecule has 2 aromatic carbocycles. The highest BCUT2D eigenvalue weighted by molar-refractivity contribution is 5.94. The second kappa shape index (κ2) is 7.82. The Labute approximate surface area is 138 Å². The molecule has 3 nitrogen and oxygen atoms in total. The van der Waals surface area contributed by atoms with E-state index in [4.69, 9.17) is 0 Å². The maximum Gasteiger partial charge on any atom is 0.251 e. The number of anilines is 1. The van der Waals surface area contributed by atoms with E-state index in [1.165, 1.54) is 43.6 Å². The number of nitrogens with one attached hydrogen (secondary N) is 1. The fourth-order valence-electron chi connectivity index (χ4n) is 3.04. The first-order valence-electron chi connectivity index (χ1n) is 8.50. The van der Waals surface area contributed by atoms with Crippen molar-refractivity contribution in [3.8, 4) is 0 Å². The van der Waals surface area contributed by atoms with Gasteiger partial charge in [0, 0.05) is 30.9 Å². The second-order valence-electron chi connectivity index (χ2n) is 6.09. The summed E-state index contributed by atoms with van der Waals surface area (Å²) in [7, 11) is 0. The topological polar surface area (TPSA) is 32.3 Å². The highest BCUT2D eigenvalue weighted by Gasteiger charge is 2.10. The molecule has 1 saturated heterocycles. The van der Waals surface area contributed by atoms with Gasteiger partial charge in [0.2, 0.25) is 0 Å². The standard InChI is InChI=1S/C20H24N2O/c23-20(18-7-3-1-4-8-18)21-14-13-17-9-11-19(12-10-17)22-15-5-2-6-16-22/h1,3-4,7-12H,2,5-6,13-16H2,(H,21,23). The number of rotatable bonds is 5. The minimum atomic E-state index is -0.00413. The van der Waals surface area contributed by atoms with E-state index < -0.39 is 0 Å². The van der Waals surface area contributed by atoms with Gasteiger partial charge in [0.15, 0.2) is 0 Å². The fourth-order valence-corrected chi connectivity index (χ4v) is 3.04. The third kappa shape index (κ3) is 4.35. The van der Waals surface area contributed by atoms with Crippen molar-refractivity contribution in [1.29, 1.82) is 0 Å². The predicted octanol–water partition coefficient (Wildman–Crippen LogP) is 3.65. The second-order valence-corrected chi connectivity index (χ2v) is 6.09. The molecule has 1 aliphatic rings. The number of piperidine rings is 1. The summed E-state index contributed by atoms with van der Waals surface area (Å²) in [6.07, 6.45) is 4.81. The quantitative estimate of drug-likeness (QED) is 0.914. The first-order chi connectivity index (χ1) is 11.3. The number of carbonyl (C=O) groups is 1. The molecular weight excluding hydrogens is 284 g/mol. The van der Waals surface area contributed by atoms with Crippen LogP contribution in [-0.4, -0.2) is 25.5 Å². The Morgan fingerprint density at radius 1 is 0.913 bits per heavy atom. The third-order valence-corrected chi connectivity index (χ3v) is 4.39. The molecule has 0 aromatic heterocycles. The van der Waals surface area contributed by atoms with Crippen molar-refractivity contribution in [1.82, 2.24) is 5.32 Å². The molecule has 3 heteroatoms. The summed E-state index contributed by atoms with van der Waals surface area (Å²) in [6.45, 7) is 3.01. The van der Waals surface area contributed by atoms with Gasteiger partial charge in [-0.3, -0.25) is 4.79 Å². The molecule has 0 unspecified atom stereocenters. The van der Waals surface area contributed by atoms with Crippen LogP contribution in [0.3, 0.4) is 0 Å². The average molecular weight is 308 g/mol. The van der Waals surface area contributed by atoms with Crippen molar-refractivity contribution in [3.05, 3.63) is 65.7 Å². The molecular formula is C20H24N2O. The number of hydrogen-bond acceptors (Lipinski definition) is 2. The van der Waals surface area contributed by atoms with Gasteiger partial charge in [0.05, 0.1) is 0 Å². The van der Waals surface area contributed by atoms with Gasteiger partial charge in [-0.15, -0.1) is 0 Å². The van der Waals surface area contributed by atoms with Crippen LogP contribution >= 0.6 is 0 Å². The molecule has 1 fully saturated rings. The molecule has 3 rings (SSSR count). The van der Waals surface area contributed by atoms with Gasteiger partial charge in [-0.25, -0.2) is 0 Å². The Kier molecular flexibility index (Phi) is 5.30. The molecule has 0 bridgehead atoms. The summed E-state index contributed by atoms with van der Waals surface area (Å²) in [5.74, 6) is -0.00413. The number of hydrogen-bond donors (Lipinski definition) is 1. The zero-order valence-electron chi connectivity index (χ0n) is 13.5. The Balaban J connectivity index is 1.48. The van der Waals surface area contributed by atoms with E-state index in [1.807, 2.05) is 30.3 Å². The van der Waals surface area contributed by atoms with Crippen molar-refractivity contribution in [2.45, 2.75) is 25.7 Å². The van der Waals surface area contributed by atoms with E-state index in [0.29, 0.717) is 12.1 Å². The molecule has 1 aliphatic heterocycles. The number of benzene rings is 2. The van der Waals surface area contributed by atoms with Crippen molar-refractivity contribution >= 4 is 11.6 Å². The molecule has 0 spiro atoms. The van der Waals surface area contributed by atoms with Crippen LogP contribution in [0.4, 0.5) is 5.69 Å². The predicted molar refractivity (Wildman–Crippen MR) is 95.0 cm³/mol. The average Bonchev–Trinajstić information content (AvgIpc) is 2.64. The normalized spacial score (nSPS) is 14.5. The smallest absolute Gasteiger partial charge is 0.251 e. The van der Waals surface area contributed by atoms with Crippen LogP contribution < -0.4 is 10.2 Å². The van der Waals surface area contributed by atoms with Crippen LogP contribution in [0.2, 0.25) is 0 Å². The monoisotopic (exact) mass is 308 g/mol. The lowest BCUT2D eigenvalue weighted by molar-refractivity contribution is 0.0954. The van der Waals surface area contributed by atoms with Gasteiger partial charge in [-0.2, -0.15) is 0 Å². The van der Waals surface area contributed by atoms with E-state index in [9.17, 15) is 4.79 Å². The lowest BCUT2D eigenvalue weighted by Gasteiger charge is -2.28. The van der Waals surface area contributed by atoms with Crippen molar-refractivity contribution in [2.75, 3.05) is 24.5 Å². The largest absolute Gasteiger partial charge is 0.372 e. The molecule has 23 heavy (non-hydrogen) atoms. The fraction of sp³-hybridized carbons (Fsp3) is 0.350. The number of nitrogens with zero attached hydrogens (tertiary/aromatic N) is 1. The summed E-state index contributed by atoms with van der Waals surface area (Å²) in [6, 6.07) is 18.1. The molecule has 0 radical (unpaired) electrons. The lowest BCUT2D eigenvalue weighted by atomic mass is 10.1. The van der Waals surface area contributed by atoms with E-state index in [0.717, 1.165) is 6.42 Å². The van der Waals surface area contributed by atoms with Crippen LogP contribution in [0, 0.1) is 0 Å². The van der Waals surface area contributed by atoms with Gasteiger partial charge < -0.3 is 10.2 Å². The highest BCUT2D eigenvalue weighted by atomic mass is 16.1. The van der Waals surface area contributed by atoms with Crippen molar-refractivity contribution in [3.63, 3.8) is 0 Å². The van der Waals surface area contributed by atoms with Crippen molar-refractivity contribution < 1.29 is 4.79 Å². The Hall–Kier alpha value is -2.29. The summed E-state index contributed by atoms with van der Waals surface area (Å²) in [4.78, 5) is 14.4. The maximum absolute atomic E-state index is 12.0. The minimum Gasteiger partial charge on any atom is -0.372 e. The third-order valence-electron chi connectivity index (χ3n) is 4.39. The van der Waals surface area contributed by atoms with Crippen LogP contribution in [0.25, 0.3) is 0 Å². The molecule has 120 valence electrons. The van der Waals surface area contributed by atoms with Crippen molar-refractivity contribution in [2.24, 2.45) is 0 Å². The van der Waals surface area contributed by atoms with E-state index >= 15 is 0 Å². The van der Waals surface area contributed by atoms with Gasteiger partial charge >= 0.3 is 0 Å². The number of carbonyl (C=O) groups excluding carboxylic acids is 1. The molecule has 1 N–H and O–H groups in total. The minimum absolute atomic E-state index is 0.00413. The molecule has 1 amide bonds. The summed E-state index contributed by atoms with van der Waals surface area (Å²) in [5, 5.41) is 2.98. The van der Waals surface area contributed by atoms with Crippen LogP contribution in [0.1, 0.15) is 35.2 Å². The Morgan fingerprint density at radius 2 is 1.61 bits per heavy atom. The summed E-state index contributed by atoms with van der Waals surface area (Å²) < 4.78 is 0. The lowest BCUT2D eigenvalue weighted by Crippen LogP contribution is -2.29. The van der Waals surface area contributed by atoms with E-state index in [-0.39, 0.29) is 5.91 Å². The zero-order valence-corrected chi connectivity index (χ0v) is 13.5. The van der Waals surface area contributed by atoms with Gasteiger partial charge in [-0.1, -0.05) is 30.3 Å².